The van der Waals surface area contributed by atoms with E-state index in [1.54, 1.807) is 5.38 Å². The number of aryl methyl sites for hydroxylation is 1. The molecule has 0 aromatic carbocycles. The average molecular weight is 573 g/mol. The first-order chi connectivity index (χ1) is 15.3. The molecule has 1 fully saturated rings. The Morgan fingerprint density at radius 1 is 1.24 bits per heavy atom. The number of nitrogens with one attached hydrogen (secondary N) is 1. The summed E-state index contributed by atoms with van der Waals surface area (Å²) in [6.07, 6.45) is -8.19. The molecule has 2 rings (SSSR count). The van der Waals surface area contributed by atoms with Crippen molar-refractivity contribution in [2.45, 2.75) is 44.1 Å². The van der Waals surface area contributed by atoms with Gasteiger partial charge in [0.2, 0.25) is 5.67 Å². The minimum Gasteiger partial charge on any atom is -0.386 e. The van der Waals surface area contributed by atoms with E-state index >= 15 is 4.39 Å². The Balaban J connectivity index is 2.37. The van der Waals surface area contributed by atoms with Gasteiger partial charge in [0.1, 0.15) is 12.2 Å². The normalized spacial score (nSPS) is 29.5. The van der Waals surface area contributed by atoms with Gasteiger partial charge in [-0.25, -0.2) is 22.9 Å². The molecule has 2 heterocycles. The van der Waals surface area contributed by atoms with Crippen molar-refractivity contribution in [3.63, 3.8) is 0 Å². The molecule has 1 aromatic rings. The zero-order valence-electron chi connectivity index (χ0n) is 16.8. The van der Waals surface area contributed by atoms with Gasteiger partial charge in [-0.2, -0.15) is 8.62 Å². The fourth-order valence-electron chi connectivity index (χ4n) is 3.01. The number of phosphoric acid groups is 3. The molecule has 192 valence electrons. The molecule has 0 saturated carbocycles. The van der Waals surface area contributed by atoms with Crippen molar-refractivity contribution in [3.8, 4) is 11.3 Å². The summed E-state index contributed by atoms with van der Waals surface area (Å²) in [6, 6.07) is 0.897. The highest BCUT2D eigenvalue weighted by molar-refractivity contribution is 7.66. The molecule has 7 atom stereocenters. The van der Waals surface area contributed by atoms with Crippen LogP contribution < -0.4 is 11.2 Å². The van der Waals surface area contributed by atoms with Gasteiger partial charge in [-0.05, 0) is 31.4 Å². The largest absolute Gasteiger partial charge is 0.490 e. The molecule has 6 N–H and O–H groups in total. The van der Waals surface area contributed by atoms with Crippen LogP contribution in [0.4, 0.5) is 4.39 Å². The van der Waals surface area contributed by atoms with Gasteiger partial charge in [-0.3, -0.25) is 18.9 Å². The molecule has 21 heteroatoms. The molecule has 16 nitrogen and oxygen atoms in total. The van der Waals surface area contributed by atoms with Crippen molar-refractivity contribution in [1.82, 2.24) is 9.55 Å². The van der Waals surface area contributed by atoms with E-state index in [-0.39, 0.29) is 5.69 Å². The molecular formula is C13H17ClFN2O14P3. The van der Waals surface area contributed by atoms with E-state index in [1.807, 2.05) is 10.9 Å². The molecule has 1 aliphatic heterocycles. The van der Waals surface area contributed by atoms with E-state index in [9.17, 15) is 38.2 Å². The van der Waals surface area contributed by atoms with Crippen molar-refractivity contribution in [2.24, 2.45) is 0 Å². The topological polar surface area (TPSA) is 244 Å². The Morgan fingerprint density at radius 3 is 2.32 bits per heavy atom. The summed E-state index contributed by atoms with van der Waals surface area (Å²) in [7, 11) is -17.2. The zero-order chi connectivity index (χ0) is 26.3. The van der Waals surface area contributed by atoms with Crippen LogP contribution in [0.5, 0.6) is 0 Å². The summed E-state index contributed by atoms with van der Waals surface area (Å²) < 4.78 is 67.4. The second-order valence-electron chi connectivity index (χ2n) is 6.74. The smallest absolute Gasteiger partial charge is 0.386 e. The van der Waals surface area contributed by atoms with Crippen LogP contribution in [0.2, 0.25) is 0 Å². The van der Waals surface area contributed by atoms with Crippen LogP contribution in [-0.4, -0.2) is 58.2 Å². The summed E-state index contributed by atoms with van der Waals surface area (Å²) in [4.78, 5) is 61.5. The summed E-state index contributed by atoms with van der Waals surface area (Å²) >= 11 is 5.27. The first-order valence-corrected chi connectivity index (χ1v) is 13.5. The predicted molar refractivity (Wildman–Crippen MR) is 108 cm³/mol. The van der Waals surface area contributed by atoms with E-state index in [1.165, 1.54) is 6.92 Å². The second-order valence-corrected chi connectivity index (χ2v) is 11.3. The highest BCUT2D eigenvalue weighted by Crippen LogP contribution is 2.66. The molecule has 1 aliphatic rings. The Labute approximate surface area is 193 Å². The molecule has 34 heavy (non-hydrogen) atoms. The van der Waals surface area contributed by atoms with Gasteiger partial charge in [0.05, 0.1) is 6.10 Å². The van der Waals surface area contributed by atoms with Crippen LogP contribution in [0.25, 0.3) is 0 Å². The molecule has 1 saturated heterocycles. The number of nitrogens with zero attached hydrogens (tertiary/aromatic N) is 1. The van der Waals surface area contributed by atoms with Crippen molar-refractivity contribution in [2.75, 3.05) is 0 Å². The van der Waals surface area contributed by atoms with Gasteiger partial charge in [0.15, 0.2) is 6.23 Å². The number of aromatic amines is 1. The maximum Gasteiger partial charge on any atom is 0.490 e. The fraction of sp³-hybridized carbons (Fsp3) is 0.538. The highest BCUT2D eigenvalue weighted by atomic mass is 35.5. The second kappa shape index (κ2) is 10.0. The van der Waals surface area contributed by atoms with Crippen LogP contribution in [0.3, 0.4) is 0 Å². The average Bonchev–Trinajstić information content (AvgIpc) is 2.83. The quantitative estimate of drug-likeness (QED) is 0.174. The number of rotatable bonds is 8. The Hall–Kier alpha value is -1.21. The number of alkyl halides is 1. The van der Waals surface area contributed by atoms with Crippen molar-refractivity contribution < 1.29 is 60.6 Å². The SMILES string of the molecule is Cc1cc(=O)[nH]c(=O)n1[C@@H]1OC([C@@H](C)OP(=O)(O)OP(=O)(O)OP(=O)(O)O)[C@H](O)C1(F)C#CCl. The zero-order valence-corrected chi connectivity index (χ0v) is 20.3. The number of hydrogen-bond acceptors (Lipinski definition) is 10. The number of hydrogen-bond donors (Lipinski definition) is 6. The minimum absolute atomic E-state index is 0.134. The molecule has 4 unspecified atom stereocenters. The van der Waals surface area contributed by atoms with Gasteiger partial charge >= 0.3 is 29.2 Å². The summed E-state index contributed by atoms with van der Waals surface area (Å²) in [5.41, 5.74) is -5.28. The maximum atomic E-state index is 15.7. The van der Waals surface area contributed by atoms with E-state index in [4.69, 9.17) is 26.1 Å². The lowest BCUT2D eigenvalue weighted by molar-refractivity contribution is -0.0787. The first-order valence-electron chi connectivity index (χ1n) is 8.62. The van der Waals surface area contributed by atoms with Crippen LogP contribution in [0.15, 0.2) is 15.7 Å². The van der Waals surface area contributed by atoms with Crippen molar-refractivity contribution >= 4 is 35.1 Å². The number of ether oxygens (including phenoxy) is 1. The molecule has 0 amide bonds. The highest BCUT2D eigenvalue weighted by Gasteiger charge is 2.60. The summed E-state index contributed by atoms with van der Waals surface area (Å²) in [5.74, 6) is 1.81. The predicted octanol–water partition coefficient (Wildman–Crippen LogP) is -0.257. The molecule has 0 bridgehead atoms. The van der Waals surface area contributed by atoms with Crippen LogP contribution >= 0.6 is 35.1 Å². The summed E-state index contributed by atoms with van der Waals surface area (Å²) in [5, 5.41) is 12.2. The standard InChI is InChI=1S/C13H17ClFN2O14P3/c1-6-5-8(18)16-12(20)17(6)11-13(15,3-4-14)10(19)9(28-11)7(2)29-33(24,25)31-34(26,27)30-32(21,22)23/h5,7,9-11,19H,1-2H3,(H,24,25)(H,26,27)(H,16,18,20)(H2,21,22,23)/t7-,9?,10+,11-,13?/m1/s1. The third kappa shape index (κ3) is 6.71. The molecule has 1 aromatic heterocycles. The van der Waals surface area contributed by atoms with Gasteiger partial charge in [0.25, 0.3) is 5.56 Å². The maximum absolute atomic E-state index is 15.7. The number of phosphoric ester groups is 1. The number of aliphatic hydroxyl groups is 1. The fourth-order valence-corrected chi connectivity index (χ4v) is 6.36. The minimum atomic E-state index is -5.85. The van der Waals surface area contributed by atoms with E-state index in [0.717, 1.165) is 13.0 Å². The van der Waals surface area contributed by atoms with Gasteiger partial charge < -0.3 is 29.4 Å². The monoisotopic (exact) mass is 572 g/mol. The first kappa shape index (κ1) is 29.0. The van der Waals surface area contributed by atoms with Crippen LogP contribution in [0.1, 0.15) is 18.8 Å². The van der Waals surface area contributed by atoms with Crippen LogP contribution in [0, 0.1) is 18.2 Å². The van der Waals surface area contributed by atoms with E-state index < -0.39 is 64.9 Å². The lowest BCUT2D eigenvalue weighted by Crippen LogP contribution is -2.46. The number of halogens is 2. The molecular weight excluding hydrogens is 556 g/mol. The van der Waals surface area contributed by atoms with Gasteiger partial charge in [-0.15, -0.1) is 0 Å². The van der Waals surface area contributed by atoms with E-state index in [2.05, 4.69) is 13.1 Å². The van der Waals surface area contributed by atoms with Gasteiger partial charge in [0, 0.05) is 17.1 Å². The van der Waals surface area contributed by atoms with Crippen molar-refractivity contribution in [3.05, 3.63) is 32.6 Å². The number of aromatic nitrogens is 2. The molecule has 0 spiro atoms. The van der Waals surface area contributed by atoms with Crippen molar-refractivity contribution in [1.29, 1.82) is 0 Å². The third-order valence-corrected chi connectivity index (χ3v) is 8.23. The lowest BCUT2D eigenvalue weighted by atomic mass is 9.95. The Bertz CT molecular complexity index is 1270. The van der Waals surface area contributed by atoms with Crippen LogP contribution in [-0.2, 0) is 31.6 Å². The third-order valence-electron chi connectivity index (χ3n) is 4.21. The molecule has 0 radical (unpaired) electrons. The lowest BCUT2D eigenvalue weighted by Gasteiger charge is -2.25. The van der Waals surface area contributed by atoms with Gasteiger partial charge in [-0.1, -0.05) is 0 Å². The summed E-state index contributed by atoms with van der Waals surface area (Å²) in [6.45, 7) is 2.13. The number of aliphatic hydroxyl groups excluding tert-OH is 1. The Kier molecular flexibility index (Phi) is 8.57. The molecule has 0 aliphatic carbocycles. The Morgan fingerprint density at radius 2 is 1.82 bits per heavy atom. The number of H-pyrrole nitrogens is 1. The van der Waals surface area contributed by atoms with E-state index in [0.29, 0.717) is 4.57 Å².